The van der Waals surface area contributed by atoms with E-state index < -0.39 is 6.29 Å². The van der Waals surface area contributed by atoms with Crippen LogP contribution in [0.3, 0.4) is 0 Å². The van der Waals surface area contributed by atoms with Gasteiger partial charge in [0.05, 0.1) is 6.10 Å². The topological polar surface area (TPSA) is 29.5 Å². The van der Waals surface area contributed by atoms with Gasteiger partial charge in [0.15, 0.2) is 6.29 Å². The lowest BCUT2D eigenvalue weighted by Gasteiger charge is -2.06. The number of aliphatic hydroxyl groups excluding tert-OH is 1. The molecule has 1 aromatic carbocycles. The molecule has 0 aliphatic carbocycles. The van der Waals surface area contributed by atoms with Crippen LogP contribution in [-0.2, 0) is 4.74 Å². The van der Waals surface area contributed by atoms with Gasteiger partial charge in [-0.15, -0.1) is 0 Å². The zero-order valence-corrected chi connectivity index (χ0v) is 7.03. The Morgan fingerprint density at radius 3 is 2.67 bits per heavy atom. The Balaban J connectivity index is 2.43. The van der Waals surface area contributed by atoms with Gasteiger partial charge in [-0.25, -0.2) is 0 Å². The molecule has 0 saturated heterocycles. The molecule has 0 saturated carbocycles. The lowest BCUT2D eigenvalue weighted by molar-refractivity contribution is -0.121. The number of fused-ring (bicyclic) bond motifs is 1. The number of benzene rings is 1. The van der Waals surface area contributed by atoms with Crippen LogP contribution in [0.4, 0.5) is 0 Å². The summed E-state index contributed by atoms with van der Waals surface area (Å²) in [5, 5.41) is 9.46. The largest absolute Gasteiger partial charge is 0.364 e. The van der Waals surface area contributed by atoms with Crippen molar-refractivity contribution >= 4 is 0 Å². The van der Waals surface area contributed by atoms with E-state index >= 15 is 0 Å². The first-order valence-corrected chi connectivity index (χ1v) is 4.25. The van der Waals surface area contributed by atoms with E-state index in [9.17, 15) is 5.11 Å². The van der Waals surface area contributed by atoms with Crippen molar-refractivity contribution in [2.24, 2.45) is 0 Å². The second-order valence-corrected chi connectivity index (χ2v) is 3.01. The van der Waals surface area contributed by atoms with E-state index in [-0.39, 0.29) is 6.10 Å². The Kier molecular flexibility index (Phi) is 1.87. The van der Waals surface area contributed by atoms with Crippen LogP contribution in [-0.4, -0.2) is 5.11 Å². The SMILES string of the molecule is CC[C@H]1OC(O)c2ccccc21. The predicted octanol–water partition coefficient (Wildman–Crippen LogP) is 2.16. The van der Waals surface area contributed by atoms with Gasteiger partial charge in [-0.2, -0.15) is 0 Å². The molecule has 1 unspecified atom stereocenters. The average Bonchev–Trinajstić information content (AvgIpc) is 2.44. The van der Waals surface area contributed by atoms with Crippen LogP contribution in [0.15, 0.2) is 24.3 Å². The van der Waals surface area contributed by atoms with Gasteiger partial charge in [-0.3, -0.25) is 0 Å². The van der Waals surface area contributed by atoms with Gasteiger partial charge in [-0.05, 0) is 12.0 Å². The molecule has 1 aromatic rings. The smallest absolute Gasteiger partial charge is 0.182 e. The van der Waals surface area contributed by atoms with Crippen molar-refractivity contribution in [1.82, 2.24) is 0 Å². The molecular weight excluding hydrogens is 152 g/mol. The maximum Gasteiger partial charge on any atom is 0.182 e. The summed E-state index contributed by atoms with van der Waals surface area (Å²) in [6.07, 6.45) is 0.274. The van der Waals surface area contributed by atoms with Crippen molar-refractivity contribution < 1.29 is 9.84 Å². The first-order valence-electron chi connectivity index (χ1n) is 4.25. The molecule has 2 heteroatoms. The lowest BCUT2D eigenvalue weighted by atomic mass is 10.0. The Labute approximate surface area is 71.8 Å². The Morgan fingerprint density at radius 1 is 1.33 bits per heavy atom. The van der Waals surface area contributed by atoms with Crippen LogP contribution in [0.25, 0.3) is 0 Å². The molecule has 0 radical (unpaired) electrons. The molecule has 0 amide bonds. The molecular formula is C10H12O2. The zero-order chi connectivity index (χ0) is 8.55. The molecule has 1 N–H and O–H groups in total. The summed E-state index contributed by atoms with van der Waals surface area (Å²) in [6.45, 7) is 2.06. The van der Waals surface area contributed by atoms with Gasteiger partial charge < -0.3 is 9.84 Å². The van der Waals surface area contributed by atoms with Crippen molar-refractivity contribution in [2.75, 3.05) is 0 Å². The fourth-order valence-electron chi connectivity index (χ4n) is 1.65. The third kappa shape index (κ3) is 1.04. The van der Waals surface area contributed by atoms with Crippen LogP contribution in [0.1, 0.15) is 36.9 Å². The summed E-state index contributed by atoms with van der Waals surface area (Å²) >= 11 is 0. The van der Waals surface area contributed by atoms with Crippen LogP contribution in [0.2, 0.25) is 0 Å². The second kappa shape index (κ2) is 2.88. The third-order valence-electron chi connectivity index (χ3n) is 2.27. The number of rotatable bonds is 1. The van der Waals surface area contributed by atoms with Crippen LogP contribution in [0.5, 0.6) is 0 Å². The van der Waals surface area contributed by atoms with E-state index in [1.165, 1.54) is 0 Å². The van der Waals surface area contributed by atoms with Gasteiger partial charge in [0.2, 0.25) is 0 Å². The average molecular weight is 164 g/mol. The molecule has 64 valence electrons. The van der Waals surface area contributed by atoms with E-state index in [2.05, 4.69) is 6.92 Å². The van der Waals surface area contributed by atoms with Gasteiger partial charge >= 0.3 is 0 Å². The highest BCUT2D eigenvalue weighted by molar-refractivity contribution is 5.32. The number of ether oxygens (including phenoxy) is 1. The summed E-state index contributed by atoms with van der Waals surface area (Å²) < 4.78 is 5.34. The molecule has 2 nitrogen and oxygen atoms in total. The summed E-state index contributed by atoms with van der Waals surface area (Å²) in [7, 11) is 0. The van der Waals surface area contributed by atoms with Crippen molar-refractivity contribution in [2.45, 2.75) is 25.7 Å². The van der Waals surface area contributed by atoms with Gasteiger partial charge in [0.1, 0.15) is 0 Å². The summed E-state index contributed by atoms with van der Waals surface area (Å²) in [5.74, 6) is 0. The monoisotopic (exact) mass is 164 g/mol. The van der Waals surface area contributed by atoms with E-state index in [0.29, 0.717) is 0 Å². The molecule has 0 fully saturated rings. The molecule has 1 aliphatic heterocycles. The molecule has 12 heavy (non-hydrogen) atoms. The second-order valence-electron chi connectivity index (χ2n) is 3.01. The van der Waals surface area contributed by atoms with Crippen LogP contribution < -0.4 is 0 Å². The minimum Gasteiger partial charge on any atom is -0.364 e. The Hall–Kier alpha value is -0.860. The van der Waals surface area contributed by atoms with Crippen molar-refractivity contribution in [3.63, 3.8) is 0 Å². The number of hydrogen-bond donors (Lipinski definition) is 1. The maximum atomic E-state index is 9.46. The first kappa shape index (κ1) is 7.77. The minimum atomic E-state index is -0.717. The highest BCUT2D eigenvalue weighted by Crippen LogP contribution is 2.38. The van der Waals surface area contributed by atoms with E-state index in [0.717, 1.165) is 17.5 Å². The fourth-order valence-corrected chi connectivity index (χ4v) is 1.65. The van der Waals surface area contributed by atoms with E-state index in [1.54, 1.807) is 0 Å². The predicted molar refractivity (Wildman–Crippen MR) is 45.5 cm³/mol. The molecule has 2 rings (SSSR count). The first-order chi connectivity index (χ1) is 5.83. The molecule has 2 atom stereocenters. The Bertz CT molecular complexity index is 283. The van der Waals surface area contributed by atoms with Gasteiger partial charge in [-0.1, -0.05) is 31.2 Å². The number of aliphatic hydroxyl groups is 1. The van der Waals surface area contributed by atoms with Crippen molar-refractivity contribution in [1.29, 1.82) is 0 Å². The lowest BCUT2D eigenvalue weighted by Crippen LogP contribution is -1.95. The van der Waals surface area contributed by atoms with Crippen molar-refractivity contribution in [3.8, 4) is 0 Å². The minimum absolute atomic E-state index is 0.0798. The van der Waals surface area contributed by atoms with Crippen molar-refractivity contribution in [3.05, 3.63) is 35.4 Å². The van der Waals surface area contributed by atoms with Crippen LogP contribution in [0, 0.1) is 0 Å². The van der Waals surface area contributed by atoms with E-state index in [4.69, 9.17) is 4.74 Å². The number of hydrogen-bond acceptors (Lipinski definition) is 2. The maximum absolute atomic E-state index is 9.46. The molecule has 1 aliphatic rings. The Morgan fingerprint density at radius 2 is 2.00 bits per heavy atom. The standard InChI is InChI=1S/C10H12O2/c1-2-9-7-5-3-4-6-8(7)10(11)12-9/h3-6,9-11H,2H2,1H3/t9-,10?/m1/s1. The normalized spacial score (nSPS) is 27.2. The summed E-state index contributed by atoms with van der Waals surface area (Å²) in [6, 6.07) is 7.82. The van der Waals surface area contributed by atoms with Gasteiger partial charge in [0.25, 0.3) is 0 Å². The molecule has 0 bridgehead atoms. The molecule has 0 spiro atoms. The highest BCUT2D eigenvalue weighted by atomic mass is 16.6. The summed E-state index contributed by atoms with van der Waals surface area (Å²) in [5.41, 5.74) is 2.05. The van der Waals surface area contributed by atoms with Crippen LogP contribution >= 0.6 is 0 Å². The zero-order valence-electron chi connectivity index (χ0n) is 7.03. The quantitative estimate of drug-likeness (QED) is 0.689. The highest BCUT2D eigenvalue weighted by Gasteiger charge is 2.28. The molecule has 0 aromatic heterocycles. The summed E-state index contributed by atoms with van der Waals surface area (Å²) in [4.78, 5) is 0. The van der Waals surface area contributed by atoms with Gasteiger partial charge in [0, 0.05) is 5.56 Å². The third-order valence-corrected chi connectivity index (χ3v) is 2.27. The van der Waals surface area contributed by atoms with E-state index in [1.807, 2.05) is 24.3 Å². The fraction of sp³-hybridized carbons (Fsp3) is 0.400. The molecule has 1 heterocycles.